The molecule has 0 saturated carbocycles. The van der Waals surface area contributed by atoms with Gasteiger partial charge >= 0.3 is 0 Å². The smallest absolute Gasteiger partial charge is 0.128 e. The van der Waals surface area contributed by atoms with Crippen molar-refractivity contribution in [2.45, 2.75) is 45.1 Å². The van der Waals surface area contributed by atoms with Crippen molar-refractivity contribution in [3.63, 3.8) is 0 Å². The van der Waals surface area contributed by atoms with Gasteiger partial charge in [0.05, 0.1) is 0 Å². The molecule has 0 heterocycles. The molecule has 1 aromatic carbocycles. The molecule has 1 aromatic rings. The molecule has 1 unspecified atom stereocenters. The number of hydrogen-bond donors (Lipinski definition) is 1. The van der Waals surface area contributed by atoms with Crippen molar-refractivity contribution >= 4 is 0 Å². The zero-order valence-corrected chi connectivity index (χ0v) is 11.4. The molecule has 2 rings (SSSR count). The van der Waals surface area contributed by atoms with Crippen LogP contribution in [0.5, 0.6) is 0 Å². The normalized spacial score (nSPS) is 17.1. The predicted molar refractivity (Wildman–Crippen MR) is 73.9 cm³/mol. The van der Waals surface area contributed by atoms with Crippen LogP contribution >= 0.6 is 0 Å². The van der Waals surface area contributed by atoms with E-state index in [4.69, 9.17) is 0 Å². The summed E-state index contributed by atoms with van der Waals surface area (Å²) in [5.41, 5.74) is 1.80. The maximum Gasteiger partial charge on any atom is 0.128 e. The van der Waals surface area contributed by atoms with Gasteiger partial charge in [0.2, 0.25) is 0 Å². The molecular weight excluding hydrogens is 244 g/mol. The van der Waals surface area contributed by atoms with E-state index in [1.54, 1.807) is 0 Å². The third kappa shape index (κ3) is 3.87. The molecule has 0 saturated heterocycles. The summed E-state index contributed by atoms with van der Waals surface area (Å²) in [5.74, 6) is -0.708. The maximum atomic E-state index is 13.9. The molecule has 104 valence electrons. The van der Waals surface area contributed by atoms with E-state index < -0.39 is 0 Å². The van der Waals surface area contributed by atoms with Crippen LogP contribution in [0.1, 0.15) is 50.6 Å². The molecule has 1 N–H and O–H groups in total. The van der Waals surface area contributed by atoms with E-state index >= 15 is 0 Å². The summed E-state index contributed by atoms with van der Waals surface area (Å²) in [5, 5.41) is 3.27. The lowest BCUT2D eigenvalue weighted by Crippen LogP contribution is -2.23. The molecule has 0 aromatic heterocycles. The minimum Gasteiger partial charge on any atom is -0.310 e. The summed E-state index contributed by atoms with van der Waals surface area (Å²) in [4.78, 5) is 0. The molecule has 3 heteroatoms. The molecule has 0 amide bonds. The second-order valence-electron chi connectivity index (χ2n) is 5.09. The van der Waals surface area contributed by atoms with Gasteiger partial charge in [0.1, 0.15) is 11.6 Å². The molecule has 1 atom stereocenters. The Kier molecular flexibility index (Phi) is 5.08. The highest BCUT2D eigenvalue weighted by Crippen LogP contribution is 2.29. The molecule has 0 spiro atoms. The summed E-state index contributed by atoms with van der Waals surface area (Å²) in [7, 11) is 0. The van der Waals surface area contributed by atoms with E-state index in [-0.39, 0.29) is 17.7 Å². The lowest BCUT2D eigenvalue weighted by Gasteiger charge is -2.22. The number of hydrogen-bond acceptors (Lipinski definition) is 1. The Balaban J connectivity index is 2.18. The van der Waals surface area contributed by atoms with Crippen LogP contribution in [0.3, 0.4) is 0 Å². The van der Waals surface area contributed by atoms with Crippen LogP contribution in [0, 0.1) is 11.6 Å². The van der Waals surface area contributed by atoms with E-state index in [0.29, 0.717) is 5.56 Å². The van der Waals surface area contributed by atoms with E-state index in [1.165, 1.54) is 36.6 Å². The zero-order valence-electron chi connectivity index (χ0n) is 11.4. The van der Waals surface area contributed by atoms with Crippen LogP contribution in [0.15, 0.2) is 29.8 Å². The quantitative estimate of drug-likeness (QED) is 0.773. The molecule has 0 aliphatic heterocycles. The van der Waals surface area contributed by atoms with Crippen molar-refractivity contribution in [3.05, 3.63) is 47.0 Å². The first-order valence-corrected chi connectivity index (χ1v) is 7.07. The van der Waals surface area contributed by atoms with Crippen molar-refractivity contribution in [3.8, 4) is 0 Å². The van der Waals surface area contributed by atoms with Crippen molar-refractivity contribution in [1.29, 1.82) is 0 Å². The van der Waals surface area contributed by atoms with Crippen LogP contribution in [-0.2, 0) is 0 Å². The Labute approximate surface area is 113 Å². The van der Waals surface area contributed by atoms with Gasteiger partial charge in [0, 0.05) is 11.6 Å². The van der Waals surface area contributed by atoms with Gasteiger partial charge in [-0.1, -0.05) is 18.6 Å². The van der Waals surface area contributed by atoms with Gasteiger partial charge in [-0.05, 0) is 56.8 Å². The fourth-order valence-electron chi connectivity index (χ4n) is 2.67. The number of rotatable bonds is 5. The molecule has 1 aliphatic carbocycles. The number of allylic oxidation sites excluding steroid dienone is 1. The summed E-state index contributed by atoms with van der Waals surface area (Å²) in [6.45, 7) is 2.73. The average Bonchev–Trinajstić information content (AvgIpc) is 2.42. The second-order valence-corrected chi connectivity index (χ2v) is 5.09. The molecule has 0 radical (unpaired) electrons. The van der Waals surface area contributed by atoms with Crippen molar-refractivity contribution in [2.75, 3.05) is 6.54 Å². The average molecular weight is 265 g/mol. The van der Waals surface area contributed by atoms with Crippen LogP contribution in [-0.4, -0.2) is 6.54 Å². The highest BCUT2D eigenvalue weighted by Gasteiger charge is 2.18. The lowest BCUT2D eigenvalue weighted by molar-refractivity contribution is 0.490. The van der Waals surface area contributed by atoms with Gasteiger partial charge in [-0.25, -0.2) is 8.78 Å². The van der Waals surface area contributed by atoms with Crippen molar-refractivity contribution in [2.24, 2.45) is 0 Å². The fourth-order valence-corrected chi connectivity index (χ4v) is 2.67. The summed E-state index contributed by atoms with van der Waals surface area (Å²) in [6.07, 6.45) is 7.66. The third-order valence-electron chi connectivity index (χ3n) is 3.64. The third-order valence-corrected chi connectivity index (χ3v) is 3.64. The van der Waals surface area contributed by atoms with Gasteiger partial charge in [-0.3, -0.25) is 0 Å². The van der Waals surface area contributed by atoms with E-state index in [0.717, 1.165) is 25.8 Å². The van der Waals surface area contributed by atoms with Crippen molar-refractivity contribution < 1.29 is 8.78 Å². The molecule has 0 bridgehead atoms. The molecular formula is C16H21F2N. The highest BCUT2D eigenvalue weighted by molar-refractivity contribution is 5.24. The van der Waals surface area contributed by atoms with Crippen LogP contribution in [0.25, 0.3) is 0 Å². The Morgan fingerprint density at radius 1 is 1.26 bits per heavy atom. The van der Waals surface area contributed by atoms with Crippen LogP contribution in [0.2, 0.25) is 0 Å². The van der Waals surface area contributed by atoms with E-state index in [1.807, 2.05) is 6.92 Å². The SMILES string of the molecule is CCNC(CC1=CCCCC1)c1cc(F)ccc1F. The van der Waals surface area contributed by atoms with Gasteiger partial charge in [0.15, 0.2) is 0 Å². The maximum absolute atomic E-state index is 13.9. The number of nitrogens with one attached hydrogen (secondary N) is 1. The zero-order chi connectivity index (χ0) is 13.7. The van der Waals surface area contributed by atoms with E-state index in [9.17, 15) is 8.78 Å². The molecule has 1 aliphatic rings. The number of halogens is 2. The van der Waals surface area contributed by atoms with Gasteiger partial charge in [-0.2, -0.15) is 0 Å². The molecule has 0 fully saturated rings. The highest BCUT2D eigenvalue weighted by atomic mass is 19.1. The summed E-state index contributed by atoms with van der Waals surface area (Å²) >= 11 is 0. The van der Waals surface area contributed by atoms with Gasteiger partial charge in [-0.15, -0.1) is 0 Å². The first kappa shape index (κ1) is 14.2. The summed E-state index contributed by atoms with van der Waals surface area (Å²) in [6, 6.07) is 3.56. The van der Waals surface area contributed by atoms with Gasteiger partial charge < -0.3 is 5.32 Å². The van der Waals surface area contributed by atoms with E-state index in [2.05, 4.69) is 11.4 Å². The summed E-state index contributed by atoms with van der Waals surface area (Å²) < 4.78 is 27.2. The number of benzene rings is 1. The minimum absolute atomic E-state index is 0.134. The fraction of sp³-hybridized carbons (Fsp3) is 0.500. The van der Waals surface area contributed by atoms with Crippen LogP contribution < -0.4 is 5.32 Å². The second kappa shape index (κ2) is 6.80. The van der Waals surface area contributed by atoms with Crippen molar-refractivity contribution in [1.82, 2.24) is 5.32 Å². The standard InChI is InChI=1S/C16H21F2N/c1-2-19-16(10-12-6-4-3-5-7-12)14-11-13(17)8-9-15(14)18/h6,8-9,11,16,19H,2-5,7,10H2,1H3. The monoisotopic (exact) mass is 265 g/mol. The molecule has 19 heavy (non-hydrogen) atoms. The van der Waals surface area contributed by atoms with Crippen LogP contribution in [0.4, 0.5) is 8.78 Å². The Hall–Kier alpha value is -1.22. The minimum atomic E-state index is -0.378. The molecule has 1 nitrogen and oxygen atoms in total. The first-order valence-electron chi connectivity index (χ1n) is 7.07. The largest absolute Gasteiger partial charge is 0.310 e. The Morgan fingerprint density at radius 2 is 2.11 bits per heavy atom. The Morgan fingerprint density at radius 3 is 2.79 bits per heavy atom. The Bertz CT molecular complexity index is 454. The predicted octanol–water partition coefficient (Wildman–Crippen LogP) is 4.51. The van der Waals surface area contributed by atoms with Gasteiger partial charge in [0.25, 0.3) is 0 Å². The topological polar surface area (TPSA) is 12.0 Å². The first-order chi connectivity index (χ1) is 9.20. The lowest BCUT2D eigenvalue weighted by atomic mass is 9.91.